The number of aromatic hydroxyl groups is 1. The lowest BCUT2D eigenvalue weighted by molar-refractivity contribution is -0.135. The van der Waals surface area contributed by atoms with E-state index in [-0.39, 0.29) is 0 Å². The summed E-state index contributed by atoms with van der Waals surface area (Å²) in [5, 5.41) is 21.4. The average Bonchev–Trinajstić information content (AvgIpc) is 2.60. The summed E-state index contributed by atoms with van der Waals surface area (Å²) in [6.07, 6.45) is 4.27. The number of carboxylic acids is 1. The summed E-state index contributed by atoms with van der Waals surface area (Å²) in [5.74, 6) is -2.09. The predicted molar refractivity (Wildman–Crippen MR) is 99.4 cm³/mol. The summed E-state index contributed by atoms with van der Waals surface area (Å²) < 4.78 is 5.54. The molecule has 140 valence electrons. The Balaban J connectivity index is 2.25. The van der Waals surface area contributed by atoms with Crippen molar-refractivity contribution in [2.45, 2.75) is 32.6 Å². The van der Waals surface area contributed by atoms with Gasteiger partial charge in [-0.3, -0.25) is 14.4 Å². The number of benzene rings is 1. The molecule has 0 saturated carbocycles. The number of carbonyl (C=O) groups is 2. The van der Waals surface area contributed by atoms with Crippen LogP contribution in [0.1, 0.15) is 43.0 Å². The Kier molecular flexibility index (Phi) is 6.97. The number of carboxylic acid groups (broad SMARTS) is 1. The van der Waals surface area contributed by atoms with E-state index in [2.05, 4.69) is 12.2 Å². The molecular formula is C18H21NO6S. The normalized spacial score (nSPS) is 10.7. The maximum absolute atomic E-state index is 12.1. The third-order valence-electron chi connectivity index (χ3n) is 3.74. The smallest absolute Gasteiger partial charge is 0.322 e. The van der Waals surface area contributed by atoms with Crippen LogP contribution in [0, 0.1) is 0 Å². The fourth-order valence-electron chi connectivity index (χ4n) is 2.42. The summed E-state index contributed by atoms with van der Waals surface area (Å²) in [4.78, 5) is 34.7. The molecule has 0 fully saturated rings. The van der Waals surface area contributed by atoms with E-state index in [1.807, 2.05) is 0 Å². The molecule has 0 unspecified atom stereocenters. The van der Waals surface area contributed by atoms with Gasteiger partial charge in [0, 0.05) is 10.1 Å². The van der Waals surface area contributed by atoms with E-state index in [9.17, 15) is 19.5 Å². The number of nitrogens with one attached hydrogen (secondary N) is 1. The molecule has 2 rings (SSSR count). The van der Waals surface area contributed by atoms with E-state index in [4.69, 9.17) is 9.84 Å². The molecule has 1 heterocycles. The fraction of sp³-hybridized carbons (Fsp3) is 0.389. The Morgan fingerprint density at radius 1 is 1.23 bits per heavy atom. The Hall–Kier alpha value is -2.61. The quantitative estimate of drug-likeness (QED) is 0.578. The molecule has 0 radical (unpaired) electrons. The highest BCUT2D eigenvalue weighted by atomic mass is 32.1. The van der Waals surface area contributed by atoms with Crippen LogP contribution in [-0.2, 0) is 4.79 Å². The lowest BCUT2D eigenvalue weighted by atomic mass is 10.1. The predicted octanol–water partition coefficient (Wildman–Crippen LogP) is 2.74. The summed E-state index contributed by atoms with van der Waals surface area (Å²) in [6.45, 7) is 2.03. The van der Waals surface area contributed by atoms with Crippen molar-refractivity contribution in [3.8, 4) is 11.5 Å². The molecule has 1 aromatic heterocycles. The van der Waals surface area contributed by atoms with Crippen molar-refractivity contribution in [1.29, 1.82) is 0 Å². The highest BCUT2D eigenvalue weighted by molar-refractivity contribution is 7.16. The zero-order chi connectivity index (χ0) is 19.1. The zero-order valence-electron chi connectivity index (χ0n) is 14.4. The first-order valence-corrected chi connectivity index (χ1v) is 9.18. The van der Waals surface area contributed by atoms with Gasteiger partial charge >= 0.3 is 5.97 Å². The van der Waals surface area contributed by atoms with E-state index < -0.39 is 34.5 Å². The van der Waals surface area contributed by atoms with E-state index in [1.165, 1.54) is 0 Å². The number of rotatable bonds is 9. The van der Waals surface area contributed by atoms with Crippen LogP contribution in [0.2, 0.25) is 0 Å². The molecule has 0 bridgehead atoms. The number of aliphatic carboxylic acids is 1. The van der Waals surface area contributed by atoms with E-state index in [0.29, 0.717) is 22.4 Å². The molecule has 0 aliphatic rings. The van der Waals surface area contributed by atoms with Crippen LogP contribution in [0.4, 0.5) is 0 Å². The minimum atomic E-state index is -1.24. The van der Waals surface area contributed by atoms with E-state index in [1.54, 1.807) is 18.2 Å². The van der Waals surface area contributed by atoms with Gasteiger partial charge in [-0.2, -0.15) is 0 Å². The SMILES string of the molecule is CCCCCCOc1ccc2sc(=O)c(C(=O)NCC(=O)O)c(O)c2c1. The molecule has 8 heteroatoms. The van der Waals surface area contributed by atoms with E-state index in [0.717, 1.165) is 37.0 Å². The van der Waals surface area contributed by atoms with Crippen molar-refractivity contribution in [3.63, 3.8) is 0 Å². The molecule has 3 N–H and O–H groups in total. The summed E-state index contributed by atoms with van der Waals surface area (Å²) in [7, 11) is 0. The van der Waals surface area contributed by atoms with Crippen LogP contribution < -0.4 is 14.8 Å². The lowest BCUT2D eigenvalue weighted by Gasteiger charge is -2.09. The molecular weight excluding hydrogens is 358 g/mol. The van der Waals surface area contributed by atoms with Crippen LogP contribution in [0.3, 0.4) is 0 Å². The topological polar surface area (TPSA) is 113 Å². The van der Waals surface area contributed by atoms with Crippen molar-refractivity contribution in [2.75, 3.05) is 13.2 Å². The van der Waals surface area contributed by atoms with Gasteiger partial charge in [0.25, 0.3) is 5.91 Å². The number of ether oxygens (including phenoxy) is 1. The molecule has 0 spiro atoms. The van der Waals surface area contributed by atoms with Crippen LogP contribution in [0.15, 0.2) is 23.0 Å². The number of fused-ring (bicyclic) bond motifs is 1. The number of unbranched alkanes of at least 4 members (excludes halogenated alkanes) is 3. The first-order valence-electron chi connectivity index (χ1n) is 8.36. The molecule has 1 aromatic carbocycles. The van der Waals surface area contributed by atoms with Crippen LogP contribution >= 0.6 is 11.3 Å². The molecule has 0 atom stereocenters. The first-order chi connectivity index (χ1) is 12.4. The van der Waals surface area contributed by atoms with Crippen LogP contribution in [0.5, 0.6) is 11.5 Å². The van der Waals surface area contributed by atoms with Gasteiger partial charge in [-0.05, 0) is 24.6 Å². The minimum absolute atomic E-state index is 0.320. The maximum Gasteiger partial charge on any atom is 0.322 e. The van der Waals surface area contributed by atoms with Gasteiger partial charge in [-0.15, -0.1) is 0 Å². The molecule has 0 saturated heterocycles. The van der Waals surface area contributed by atoms with Crippen LogP contribution in [0.25, 0.3) is 10.1 Å². The monoisotopic (exact) mass is 379 g/mol. The van der Waals surface area contributed by atoms with Crippen molar-refractivity contribution in [2.24, 2.45) is 0 Å². The number of carbonyl (C=O) groups excluding carboxylic acids is 1. The maximum atomic E-state index is 12.1. The van der Waals surface area contributed by atoms with Crippen molar-refractivity contribution in [1.82, 2.24) is 5.32 Å². The second-order valence-corrected chi connectivity index (χ2v) is 6.77. The van der Waals surface area contributed by atoms with E-state index >= 15 is 0 Å². The number of hydrogen-bond donors (Lipinski definition) is 3. The zero-order valence-corrected chi connectivity index (χ0v) is 15.2. The largest absolute Gasteiger partial charge is 0.506 e. The number of amides is 1. The first kappa shape index (κ1) is 19.7. The molecule has 0 aliphatic heterocycles. The number of hydrogen-bond acceptors (Lipinski definition) is 6. The summed E-state index contributed by atoms with van der Waals surface area (Å²) in [5.41, 5.74) is -0.455. The molecule has 26 heavy (non-hydrogen) atoms. The third kappa shape index (κ3) is 4.95. The molecule has 0 aliphatic carbocycles. The van der Waals surface area contributed by atoms with Gasteiger partial charge in [-0.25, -0.2) is 0 Å². The fourth-order valence-corrected chi connectivity index (χ4v) is 3.31. The Morgan fingerprint density at radius 3 is 2.69 bits per heavy atom. The summed E-state index contributed by atoms with van der Waals surface area (Å²) >= 11 is 0.809. The highest BCUT2D eigenvalue weighted by Crippen LogP contribution is 2.32. The van der Waals surface area contributed by atoms with Crippen molar-refractivity contribution < 1.29 is 24.5 Å². The highest BCUT2D eigenvalue weighted by Gasteiger charge is 2.20. The standard InChI is InChI=1S/C18H21NO6S/c1-2-3-4-5-8-25-11-6-7-13-12(9-11)16(22)15(18(24)26-13)17(23)19-10-14(20)21/h6-7,9,22H,2-5,8,10H2,1H3,(H,19,23)(H,20,21). The van der Waals surface area contributed by atoms with Gasteiger partial charge in [0.15, 0.2) is 0 Å². The molecule has 7 nitrogen and oxygen atoms in total. The average molecular weight is 379 g/mol. The van der Waals surface area contributed by atoms with Crippen molar-refractivity contribution >= 4 is 33.3 Å². The van der Waals surface area contributed by atoms with Crippen molar-refractivity contribution in [3.05, 3.63) is 33.3 Å². The Labute approximate surface area is 154 Å². The third-order valence-corrected chi connectivity index (χ3v) is 4.71. The Morgan fingerprint density at radius 2 is 2.00 bits per heavy atom. The second-order valence-electron chi connectivity index (χ2n) is 5.76. The van der Waals surface area contributed by atoms with Crippen LogP contribution in [-0.4, -0.2) is 35.2 Å². The summed E-state index contributed by atoms with van der Waals surface area (Å²) in [6, 6.07) is 4.94. The molecule has 2 aromatic rings. The van der Waals surface area contributed by atoms with Gasteiger partial charge < -0.3 is 20.3 Å². The minimum Gasteiger partial charge on any atom is -0.506 e. The van der Waals surface area contributed by atoms with Gasteiger partial charge in [-0.1, -0.05) is 37.5 Å². The lowest BCUT2D eigenvalue weighted by Crippen LogP contribution is -2.32. The molecule has 1 amide bonds. The second kappa shape index (κ2) is 9.19. The van der Waals surface area contributed by atoms with Gasteiger partial charge in [0.1, 0.15) is 23.6 Å². The Bertz CT molecular complexity index is 861. The van der Waals surface area contributed by atoms with Gasteiger partial charge in [0.05, 0.1) is 6.61 Å². The van der Waals surface area contributed by atoms with Gasteiger partial charge in [0.2, 0.25) is 4.74 Å².